The molecule has 0 fully saturated rings. The summed E-state index contributed by atoms with van der Waals surface area (Å²) in [7, 11) is 0. The van der Waals surface area contributed by atoms with E-state index in [2.05, 4.69) is 0 Å². The maximum absolute atomic E-state index is 5.61. The van der Waals surface area contributed by atoms with Gasteiger partial charge in [0.2, 0.25) is 0 Å². The summed E-state index contributed by atoms with van der Waals surface area (Å²) in [6.45, 7) is 0. The van der Waals surface area contributed by atoms with Crippen molar-refractivity contribution in [1.29, 1.82) is 0 Å². The highest BCUT2D eigenvalue weighted by molar-refractivity contribution is 7.59. The highest BCUT2D eigenvalue weighted by atomic mass is 32.1. The summed E-state index contributed by atoms with van der Waals surface area (Å²) in [6.07, 6.45) is 0. The molecule has 0 amide bonds. The molecule has 8 aromatic rings. The molecule has 0 heterocycles. The summed E-state index contributed by atoms with van der Waals surface area (Å²) in [5.74, 6) is 0. The topological polar surface area (TPSA) is 208 Å². The van der Waals surface area contributed by atoms with Gasteiger partial charge in [0.1, 0.15) is 0 Å². The molecule has 0 atom stereocenters. The van der Waals surface area contributed by atoms with E-state index in [-0.39, 0.29) is 27.0 Å². The van der Waals surface area contributed by atoms with Gasteiger partial charge in [-0.15, -0.1) is 0 Å². The number of benzene rings is 8. The van der Waals surface area contributed by atoms with Crippen LogP contribution in [0.1, 0.15) is 0 Å². The zero-order valence-electron chi connectivity index (χ0n) is 32.1. The van der Waals surface area contributed by atoms with Crippen molar-refractivity contribution in [1.82, 2.24) is 0 Å². The van der Waals surface area contributed by atoms with E-state index < -0.39 is 0 Å². The van der Waals surface area contributed by atoms with Crippen LogP contribution in [0.15, 0.2) is 194 Å². The van der Waals surface area contributed by atoms with Crippen LogP contribution in [0, 0.1) is 0 Å². The van der Waals surface area contributed by atoms with Crippen molar-refractivity contribution in [2.24, 2.45) is 0 Å². The van der Waals surface area contributed by atoms with E-state index in [0.29, 0.717) is 0 Å². The summed E-state index contributed by atoms with van der Waals surface area (Å²) < 4.78 is 0. The van der Waals surface area contributed by atoms with E-state index >= 15 is 0 Å². The maximum atomic E-state index is 5.61. The second kappa shape index (κ2) is 22.4. The quantitative estimate of drug-likeness (QED) is 0.0801. The van der Waals surface area contributed by atoms with Gasteiger partial charge < -0.3 is 45.9 Å². The predicted molar refractivity (Wildman–Crippen MR) is 264 cm³/mol. The molecule has 8 aromatic carbocycles. The summed E-state index contributed by atoms with van der Waals surface area (Å²) in [4.78, 5) is 0. The molecule has 8 nitrogen and oxygen atoms in total. The summed E-state index contributed by atoms with van der Waals surface area (Å²) in [6, 6.07) is 62.3. The van der Waals surface area contributed by atoms with Crippen LogP contribution in [0.3, 0.4) is 0 Å². The number of nitrogen functional groups attached to an aromatic ring is 8. The zero-order valence-corrected chi connectivity index (χ0v) is 34.1. The summed E-state index contributed by atoms with van der Waals surface area (Å²) >= 11 is 0. The van der Waals surface area contributed by atoms with Crippen molar-refractivity contribution in [3.8, 4) is 44.5 Å². The zero-order chi connectivity index (χ0) is 39.9. The minimum atomic E-state index is 0. The largest absolute Gasteiger partial charge is 0.399 e. The van der Waals surface area contributed by atoms with Crippen LogP contribution in [-0.2, 0) is 0 Å². The molecule has 0 aliphatic carbocycles. The van der Waals surface area contributed by atoms with Crippen molar-refractivity contribution < 1.29 is 0 Å². The predicted octanol–water partition coefficient (Wildman–Crippen LogP) is 10.3. The van der Waals surface area contributed by atoms with Gasteiger partial charge in [-0.1, -0.05) is 97.1 Å². The van der Waals surface area contributed by atoms with Gasteiger partial charge in [0.15, 0.2) is 0 Å². The molecule has 0 aliphatic rings. The standard InChI is InChI=1S/4C12H12N2.2H2S/c4*13-11-5-1-9(2-6-11)10-3-7-12(14)8-4-10;;/h4*1-8H,13-14H2;2*1H2. The monoisotopic (exact) mass is 804 g/mol. The van der Waals surface area contributed by atoms with Crippen molar-refractivity contribution in [3.63, 3.8) is 0 Å². The molecule has 0 aliphatic heterocycles. The first-order chi connectivity index (χ1) is 27.0. The molecule has 8 rings (SSSR count). The van der Waals surface area contributed by atoms with Crippen LogP contribution in [-0.4, -0.2) is 0 Å². The van der Waals surface area contributed by atoms with Gasteiger partial charge in [0.05, 0.1) is 0 Å². The van der Waals surface area contributed by atoms with Crippen LogP contribution in [0.25, 0.3) is 44.5 Å². The minimum Gasteiger partial charge on any atom is -0.399 e. The molecule has 0 radical (unpaired) electrons. The fraction of sp³-hybridized carbons (Fsp3) is 0. The number of anilines is 8. The van der Waals surface area contributed by atoms with E-state index in [9.17, 15) is 0 Å². The van der Waals surface area contributed by atoms with Crippen LogP contribution >= 0.6 is 27.0 Å². The van der Waals surface area contributed by atoms with Gasteiger partial charge in [-0.25, -0.2) is 0 Å². The third kappa shape index (κ3) is 14.2. The van der Waals surface area contributed by atoms with Gasteiger partial charge in [-0.05, 0) is 142 Å². The molecule has 0 saturated heterocycles. The van der Waals surface area contributed by atoms with Gasteiger partial charge in [0, 0.05) is 45.5 Å². The van der Waals surface area contributed by atoms with Gasteiger partial charge >= 0.3 is 0 Å². The lowest BCUT2D eigenvalue weighted by molar-refractivity contribution is 1.61. The molecule has 16 N–H and O–H groups in total. The minimum absolute atomic E-state index is 0. The van der Waals surface area contributed by atoms with Gasteiger partial charge in [0.25, 0.3) is 0 Å². The fourth-order valence-corrected chi connectivity index (χ4v) is 5.40. The van der Waals surface area contributed by atoms with Crippen LogP contribution in [0.2, 0.25) is 0 Å². The number of rotatable bonds is 4. The summed E-state index contributed by atoms with van der Waals surface area (Å²) in [5, 5.41) is 0. The van der Waals surface area contributed by atoms with Crippen LogP contribution in [0.5, 0.6) is 0 Å². The Morgan fingerprint density at radius 2 is 0.207 bits per heavy atom. The average molecular weight is 805 g/mol. The van der Waals surface area contributed by atoms with E-state index in [1.54, 1.807) is 0 Å². The molecule has 0 unspecified atom stereocenters. The van der Waals surface area contributed by atoms with Crippen LogP contribution < -0.4 is 45.9 Å². The Morgan fingerprint density at radius 1 is 0.138 bits per heavy atom. The van der Waals surface area contributed by atoms with Crippen molar-refractivity contribution >= 4 is 72.5 Å². The average Bonchev–Trinajstić information content (AvgIpc) is 3.21. The first kappa shape index (κ1) is 45.3. The van der Waals surface area contributed by atoms with E-state index in [1.165, 1.54) is 0 Å². The Balaban J connectivity index is 0.000000205. The molecule has 0 aromatic heterocycles. The van der Waals surface area contributed by atoms with Gasteiger partial charge in [-0.2, -0.15) is 27.0 Å². The fourth-order valence-electron chi connectivity index (χ4n) is 5.40. The second-order valence-electron chi connectivity index (χ2n) is 13.0. The second-order valence-corrected chi connectivity index (χ2v) is 13.0. The molecule has 0 spiro atoms. The van der Waals surface area contributed by atoms with Gasteiger partial charge in [-0.3, -0.25) is 0 Å². The normalized spacial score (nSPS) is 9.66. The highest BCUT2D eigenvalue weighted by Crippen LogP contribution is 2.24. The molecular weight excluding hydrogens is 753 g/mol. The third-order valence-corrected chi connectivity index (χ3v) is 8.62. The Hall–Kier alpha value is -7.14. The third-order valence-electron chi connectivity index (χ3n) is 8.62. The lowest BCUT2D eigenvalue weighted by atomic mass is 10.1. The highest BCUT2D eigenvalue weighted by Gasteiger charge is 1.99. The van der Waals surface area contributed by atoms with Crippen LogP contribution in [0.4, 0.5) is 45.5 Å². The Labute approximate surface area is 355 Å². The van der Waals surface area contributed by atoms with Crippen molar-refractivity contribution in [3.05, 3.63) is 194 Å². The van der Waals surface area contributed by atoms with E-state index in [0.717, 1.165) is 90.0 Å². The molecule has 0 bridgehead atoms. The maximum Gasteiger partial charge on any atom is 0.0314 e. The Morgan fingerprint density at radius 3 is 0.276 bits per heavy atom. The van der Waals surface area contributed by atoms with Crippen molar-refractivity contribution in [2.75, 3.05) is 45.9 Å². The van der Waals surface area contributed by atoms with E-state index in [4.69, 9.17) is 45.9 Å². The molecule has 10 heteroatoms. The number of hydrogen-bond acceptors (Lipinski definition) is 8. The van der Waals surface area contributed by atoms with Crippen molar-refractivity contribution in [2.45, 2.75) is 0 Å². The molecule has 58 heavy (non-hydrogen) atoms. The first-order valence-electron chi connectivity index (χ1n) is 17.9. The molecule has 0 saturated carbocycles. The number of hydrogen-bond donors (Lipinski definition) is 8. The lowest BCUT2D eigenvalue weighted by Crippen LogP contribution is -1.85. The number of nitrogens with two attached hydrogens (primary N) is 8. The summed E-state index contributed by atoms with van der Waals surface area (Å²) in [5.41, 5.74) is 60.3. The smallest absolute Gasteiger partial charge is 0.0314 e. The Bertz CT molecular complexity index is 1850. The first-order valence-corrected chi connectivity index (χ1v) is 17.9. The Kier molecular flexibility index (Phi) is 17.5. The molecule has 296 valence electrons. The lowest BCUT2D eigenvalue weighted by Gasteiger charge is -2.02. The van der Waals surface area contributed by atoms with E-state index in [1.807, 2.05) is 194 Å². The SMILES string of the molecule is Nc1ccc(-c2ccc(N)cc2)cc1.Nc1ccc(-c2ccc(N)cc2)cc1.Nc1ccc(-c2ccc(N)cc2)cc1.Nc1ccc(-c2ccc(N)cc2)cc1.S.S. The molecular formula is C48H52N8S2.